The lowest BCUT2D eigenvalue weighted by molar-refractivity contribution is -0.274. The average Bonchev–Trinajstić information content (AvgIpc) is 2.84. The molecule has 0 spiro atoms. The summed E-state index contributed by atoms with van der Waals surface area (Å²) in [6.07, 6.45) is -4.43. The SMILES string of the molecule is COc1ccccc1OCC(O)Cn1cnc2ccc(-c3ccc(OC(F)(F)F)cc3)cc2c1=O. The number of para-hydroxylation sites is 2. The zero-order valence-corrected chi connectivity index (χ0v) is 18.5. The van der Waals surface area contributed by atoms with Gasteiger partial charge in [-0.15, -0.1) is 13.2 Å². The van der Waals surface area contributed by atoms with Crippen LogP contribution in [0.15, 0.2) is 77.9 Å². The number of aliphatic hydroxyl groups excluding tert-OH is 1. The normalized spacial score (nSPS) is 12.4. The molecule has 0 bridgehead atoms. The van der Waals surface area contributed by atoms with Gasteiger partial charge in [-0.2, -0.15) is 0 Å². The molecule has 3 aromatic carbocycles. The van der Waals surface area contributed by atoms with E-state index in [0.29, 0.717) is 33.5 Å². The quantitative estimate of drug-likeness (QED) is 0.397. The van der Waals surface area contributed by atoms with Crippen LogP contribution in [0.5, 0.6) is 17.2 Å². The van der Waals surface area contributed by atoms with E-state index in [2.05, 4.69) is 9.72 Å². The molecule has 0 aliphatic carbocycles. The number of fused-ring (bicyclic) bond motifs is 1. The maximum atomic E-state index is 13.0. The van der Waals surface area contributed by atoms with E-state index in [0.717, 1.165) is 0 Å². The highest BCUT2D eigenvalue weighted by atomic mass is 19.4. The number of halogens is 3. The van der Waals surface area contributed by atoms with Gasteiger partial charge >= 0.3 is 6.36 Å². The minimum atomic E-state index is -4.77. The summed E-state index contributed by atoms with van der Waals surface area (Å²) in [5.41, 5.74) is 1.30. The van der Waals surface area contributed by atoms with Gasteiger partial charge in [-0.05, 0) is 47.5 Å². The smallest absolute Gasteiger partial charge is 0.493 e. The zero-order valence-electron chi connectivity index (χ0n) is 18.5. The van der Waals surface area contributed by atoms with Crippen molar-refractivity contribution in [3.8, 4) is 28.4 Å². The molecule has 1 heterocycles. The first-order chi connectivity index (χ1) is 16.7. The number of rotatable bonds is 8. The van der Waals surface area contributed by atoms with Gasteiger partial charge in [0.15, 0.2) is 11.5 Å². The van der Waals surface area contributed by atoms with E-state index in [4.69, 9.17) is 9.47 Å². The summed E-state index contributed by atoms with van der Waals surface area (Å²) in [5.74, 6) is 0.652. The maximum Gasteiger partial charge on any atom is 0.573 e. The van der Waals surface area contributed by atoms with Crippen LogP contribution in [0.1, 0.15) is 0 Å². The van der Waals surface area contributed by atoms with Gasteiger partial charge in [0.1, 0.15) is 18.5 Å². The Morgan fingerprint density at radius 3 is 2.37 bits per heavy atom. The van der Waals surface area contributed by atoms with Crippen LogP contribution in [0.4, 0.5) is 13.2 Å². The molecule has 0 fully saturated rings. The molecule has 1 N–H and O–H groups in total. The third-order valence-corrected chi connectivity index (χ3v) is 5.15. The average molecular weight is 486 g/mol. The minimum Gasteiger partial charge on any atom is -0.493 e. The Morgan fingerprint density at radius 1 is 1.00 bits per heavy atom. The van der Waals surface area contributed by atoms with Crippen molar-refractivity contribution < 1.29 is 32.5 Å². The van der Waals surface area contributed by atoms with Crippen molar-refractivity contribution in [3.05, 3.63) is 83.4 Å². The van der Waals surface area contributed by atoms with Gasteiger partial charge in [0.05, 0.1) is 30.9 Å². The molecular weight excluding hydrogens is 465 g/mol. The molecule has 1 aromatic heterocycles. The Kier molecular flexibility index (Phi) is 6.92. The van der Waals surface area contributed by atoms with Crippen molar-refractivity contribution in [2.24, 2.45) is 0 Å². The van der Waals surface area contributed by atoms with Crippen LogP contribution in [0, 0.1) is 0 Å². The monoisotopic (exact) mass is 486 g/mol. The van der Waals surface area contributed by atoms with Crippen LogP contribution in [-0.4, -0.2) is 40.8 Å². The maximum absolute atomic E-state index is 13.0. The topological polar surface area (TPSA) is 82.8 Å². The predicted octanol–water partition coefficient (Wildman–Crippen LogP) is 4.41. The van der Waals surface area contributed by atoms with E-state index in [1.807, 2.05) is 0 Å². The Balaban J connectivity index is 1.51. The van der Waals surface area contributed by atoms with Gasteiger partial charge in [0, 0.05) is 0 Å². The zero-order chi connectivity index (χ0) is 25.0. The summed E-state index contributed by atoms with van der Waals surface area (Å²) in [7, 11) is 1.51. The van der Waals surface area contributed by atoms with Gasteiger partial charge in [0.2, 0.25) is 0 Å². The van der Waals surface area contributed by atoms with Gasteiger partial charge < -0.3 is 19.3 Å². The van der Waals surface area contributed by atoms with Crippen LogP contribution in [0.3, 0.4) is 0 Å². The van der Waals surface area contributed by atoms with Crippen molar-refractivity contribution in [3.63, 3.8) is 0 Å². The fraction of sp³-hybridized carbons (Fsp3) is 0.200. The first-order valence-electron chi connectivity index (χ1n) is 10.5. The van der Waals surface area contributed by atoms with Gasteiger partial charge in [-0.25, -0.2) is 4.98 Å². The van der Waals surface area contributed by atoms with Gasteiger partial charge in [0.25, 0.3) is 5.56 Å². The summed E-state index contributed by atoms with van der Waals surface area (Å²) in [6, 6.07) is 17.3. The molecule has 0 radical (unpaired) electrons. The van der Waals surface area contributed by atoms with Crippen molar-refractivity contribution in [1.82, 2.24) is 9.55 Å². The minimum absolute atomic E-state index is 0.0510. The van der Waals surface area contributed by atoms with Crippen molar-refractivity contribution in [1.29, 1.82) is 0 Å². The molecule has 0 saturated heterocycles. The van der Waals surface area contributed by atoms with Crippen molar-refractivity contribution in [2.75, 3.05) is 13.7 Å². The second-order valence-electron chi connectivity index (χ2n) is 7.62. The standard InChI is InChI=1S/C25H21F3N2O5/c1-33-22-4-2-3-5-23(22)34-14-18(31)13-30-15-29-21-11-8-17(12-20(21)24(30)32)16-6-9-19(10-7-16)35-25(26,27)28/h2-12,15,18,31H,13-14H2,1H3. The molecule has 1 atom stereocenters. The summed E-state index contributed by atoms with van der Waals surface area (Å²) >= 11 is 0. The predicted molar refractivity (Wildman–Crippen MR) is 123 cm³/mol. The molecule has 0 saturated carbocycles. The lowest BCUT2D eigenvalue weighted by Gasteiger charge is -2.15. The molecule has 1 unspecified atom stereocenters. The Labute approximate surface area is 197 Å². The summed E-state index contributed by atoms with van der Waals surface area (Å²) in [4.78, 5) is 17.3. The largest absolute Gasteiger partial charge is 0.573 e. The van der Waals surface area contributed by atoms with Crippen molar-refractivity contribution >= 4 is 10.9 Å². The molecule has 10 heteroatoms. The Morgan fingerprint density at radius 2 is 1.69 bits per heavy atom. The summed E-state index contributed by atoms with van der Waals surface area (Å²) in [5, 5.41) is 10.7. The van der Waals surface area contributed by atoms with E-state index in [1.165, 1.54) is 42.3 Å². The number of methoxy groups -OCH3 is 1. The Hall–Kier alpha value is -4.05. The molecule has 4 rings (SSSR count). The number of benzene rings is 3. The van der Waals surface area contributed by atoms with E-state index in [-0.39, 0.29) is 24.5 Å². The number of alkyl halides is 3. The molecule has 0 aliphatic rings. The highest BCUT2D eigenvalue weighted by molar-refractivity contribution is 5.83. The number of aliphatic hydroxyl groups is 1. The fourth-order valence-corrected chi connectivity index (χ4v) is 3.52. The second kappa shape index (κ2) is 10.1. The molecule has 182 valence electrons. The molecular formula is C25H21F3N2O5. The van der Waals surface area contributed by atoms with E-state index in [1.54, 1.807) is 42.5 Å². The van der Waals surface area contributed by atoms with E-state index >= 15 is 0 Å². The van der Waals surface area contributed by atoms with Crippen LogP contribution in [0.25, 0.3) is 22.0 Å². The first kappa shape index (κ1) is 24.1. The van der Waals surface area contributed by atoms with Gasteiger partial charge in [-0.1, -0.05) is 30.3 Å². The second-order valence-corrected chi connectivity index (χ2v) is 7.62. The Bertz CT molecular complexity index is 1370. The first-order valence-corrected chi connectivity index (χ1v) is 10.5. The number of ether oxygens (including phenoxy) is 3. The molecule has 0 aliphatic heterocycles. The van der Waals surface area contributed by atoms with Crippen LogP contribution >= 0.6 is 0 Å². The lowest BCUT2D eigenvalue weighted by Crippen LogP contribution is -2.30. The number of nitrogens with zero attached hydrogens (tertiary/aromatic N) is 2. The molecule has 4 aromatic rings. The third kappa shape index (κ3) is 5.90. The highest BCUT2D eigenvalue weighted by Gasteiger charge is 2.31. The van der Waals surface area contributed by atoms with Gasteiger partial charge in [-0.3, -0.25) is 9.36 Å². The third-order valence-electron chi connectivity index (χ3n) is 5.15. The molecule has 35 heavy (non-hydrogen) atoms. The van der Waals surface area contributed by atoms with E-state index in [9.17, 15) is 23.1 Å². The lowest BCUT2D eigenvalue weighted by atomic mass is 10.0. The summed E-state index contributed by atoms with van der Waals surface area (Å²) in [6.45, 7) is -0.123. The molecule has 0 amide bonds. The van der Waals surface area contributed by atoms with Crippen molar-refractivity contribution in [2.45, 2.75) is 19.0 Å². The number of hydrogen-bond donors (Lipinski definition) is 1. The number of hydrogen-bond acceptors (Lipinski definition) is 6. The van der Waals surface area contributed by atoms with Crippen LogP contribution < -0.4 is 19.8 Å². The summed E-state index contributed by atoms with van der Waals surface area (Å²) < 4.78 is 53.1. The fourth-order valence-electron chi connectivity index (χ4n) is 3.52. The molecule has 7 nitrogen and oxygen atoms in total. The highest BCUT2D eigenvalue weighted by Crippen LogP contribution is 2.28. The van der Waals surface area contributed by atoms with Crippen LogP contribution in [-0.2, 0) is 6.54 Å². The van der Waals surface area contributed by atoms with E-state index < -0.39 is 12.5 Å². The number of aromatic nitrogens is 2. The van der Waals surface area contributed by atoms with Crippen LogP contribution in [0.2, 0.25) is 0 Å².